The number of methoxy groups -OCH3 is 3. The first-order valence-corrected chi connectivity index (χ1v) is 9.42. The SMILES string of the molecule is COc1cc(C(c2ccccc2)c2c(C)cc(C)cc2OC)cc(C)c1OC. The summed E-state index contributed by atoms with van der Waals surface area (Å²) in [4.78, 5) is 0. The molecule has 146 valence electrons. The van der Waals surface area contributed by atoms with E-state index in [1.54, 1.807) is 21.3 Å². The van der Waals surface area contributed by atoms with Crippen LogP contribution in [0.3, 0.4) is 0 Å². The average molecular weight is 376 g/mol. The fourth-order valence-corrected chi connectivity index (χ4v) is 4.00. The van der Waals surface area contributed by atoms with Crippen molar-refractivity contribution in [3.63, 3.8) is 0 Å². The summed E-state index contributed by atoms with van der Waals surface area (Å²) in [6.45, 7) is 6.29. The molecule has 0 heterocycles. The van der Waals surface area contributed by atoms with Crippen molar-refractivity contribution in [2.45, 2.75) is 26.7 Å². The van der Waals surface area contributed by atoms with Gasteiger partial charge in [0, 0.05) is 11.5 Å². The molecule has 3 aromatic rings. The summed E-state index contributed by atoms with van der Waals surface area (Å²) in [6.07, 6.45) is 0. The normalized spacial score (nSPS) is 11.8. The molecule has 3 heteroatoms. The second kappa shape index (κ2) is 8.39. The van der Waals surface area contributed by atoms with Crippen LogP contribution in [0.15, 0.2) is 54.6 Å². The fraction of sp³-hybridized carbons (Fsp3) is 0.280. The van der Waals surface area contributed by atoms with Gasteiger partial charge in [0.2, 0.25) is 0 Å². The van der Waals surface area contributed by atoms with Crippen molar-refractivity contribution in [1.82, 2.24) is 0 Å². The first-order chi connectivity index (χ1) is 13.5. The number of rotatable bonds is 6. The minimum Gasteiger partial charge on any atom is -0.496 e. The molecule has 3 rings (SSSR count). The highest BCUT2D eigenvalue weighted by atomic mass is 16.5. The van der Waals surface area contributed by atoms with E-state index >= 15 is 0 Å². The smallest absolute Gasteiger partial charge is 0.163 e. The maximum Gasteiger partial charge on any atom is 0.163 e. The predicted molar refractivity (Wildman–Crippen MR) is 114 cm³/mol. The third-order valence-corrected chi connectivity index (χ3v) is 5.15. The van der Waals surface area contributed by atoms with E-state index in [2.05, 4.69) is 62.4 Å². The number of hydrogen-bond donors (Lipinski definition) is 0. The van der Waals surface area contributed by atoms with Gasteiger partial charge in [-0.2, -0.15) is 0 Å². The molecule has 0 fully saturated rings. The van der Waals surface area contributed by atoms with E-state index in [1.165, 1.54) is 22.3 Å². The molecule has 28 heavy (non-hydrogen) atoms. The van der Waals surface area contributed by atoms with Gasteiger partial charge in [-0.05, 0) is 60.7 Å². The molecule has 0 amide bonds. The van der Waals surface area contributed by atoms with E-state index in [-0.39, 0.29) is 5.92 Å². The van der Waals surface area contributed by atoms with Gasteiger partial charge in [0.15, 0.2) is 11.5 Å². The Kier molecular flexibility index (Phi) is 5.93. The Labute approximate surface area is 167 Å². The summed E-state index contributed by atoms with van der Waals surface area (Å²) < 4.78 is 17.0. The largest absolute Gasteiger partial charge is 0.496 e. The second-order valence-corrected chi connectivity index (χ2v) is 7.11. The van der Waals surface area contributed by atoms with Gasteiger partial charge in [-0.15, -0.1) is 0 Å². The van der Waals surface area contributed by atoms with Gasteiger partial charge in [0.1, 0.15) is 5.75 Å². The monoisotopic (exact) mass is 376 g/mol. The summed E-state index contributed by atoms with van der Waals surface area (Å²) in [6, 6.07) is 19.1. The molecule has 0 saturated carbocycles. The Morgan fingerprint density at radius 1 is 0.643 bits per heavy atom. The van der Waals surface area contributed by atoms with Crippen molar-refractivity contribution >= 4 is 0 Å². The third-order valence-electron chi connectivity index (χ3n) is 5.15. The lowest BCUT2D eigenvalue weighted by Crippen LogP contribution is -2.09. The van der Waals surface area contributed by atoms with Gasteiger partial charge in [-0.25, -0.2) is 0 Å². The van der Waals surface area contributed by atoms with Gasteiger partial charge in [0.25, 0.3) is 0 Å². The zero-order valence-corrected chi connectivity index (χ0v) is 17.5. The van der Waals surface area contributed by atoms with Crippen molar-refractivity contribution in [3.05, 3.63) is 88.0 Å². The molecule has 0 spiro atoms. The Balaban J connectivity index is 2.31. The van der Waals surface area contributed by atoms with Crippen LogP contribution in [0.5, 0.6) is 17.2 Å². The van der Waals surface area contributed by atoms with E-state index < -0.39 is 0 Å². The van der Waals surface area contributed by atoms with Gasteiger partial charge in [-0.3, -0.25) is 0 Å². The maximum atomic E-state index is 5.81. The molecule has 1 unspecified atom stereocenters. The Morgan fingerprint density at radius 3 is 1.93 bits per heavy atom. The summed E-state index contributed by atoms with van der Waals surface area (Å²) in [7, 11) is 5.09. The Bertz CT molecular complexity index is 961. The number of aryl methyl sites for hydroxylation is 3. The Morgan fingerprint density at radius 2 is 1.32 bits per heavy atom. The van der Waals surface area contributed by atoms with Crippen LogP contribution < -0.4 is 14.2 Å². The highest BCUT2D eigenvalue weighted by molar-refractivity contribution is 5.58. The molecule has 0 aliphatic carbocycles. The van der Waals surface area contributed by atoms with E-state index in [0.29, 0.717) is 0 Å². The Hall–Kier alpha value is -2.94. The maximum absolute atomic E-state index is 5.81. The molecule has 0 radical (unpaired) electrons. The van der Waals surface area contributed by atoms with Gasteiger partial charge in [0.05, 0.1) is 21.3 Å². The summed E-state index contributed by atoms with van der Waals surface area (Å²) in [5.41, 5.74) is 6.96. The molecule has 0 aliphatic heterocycles. The van der Waals surface area contributed by atoms with Crippen LogP contribution in [-0.2, 0) is 0 Å². The van der Waals surface area contributed by atoms with Gasteiger partial charge >= 0.3 is 0 Å². The minimum absolute atomic E-state index is 0.0234. The summed E-state index contributed by atoms with van der Waals surface area (Å²) >= 11 is 0. The van der Waals surface area contributed by atoms with E-state index in [9.17, 15) is 0 Å². The molecule has 1 atom stereocenters. The van der Waals surface area contributed by atoms with Crippen LogP contribution in [0.25, 0.3) is 0 Å². The van der Waals surface area contributed by atoms with Crippen molar-refractivity contribution in [2.24, 2.45) is 0 Å². The number of hydrogen-bond acceptors (Lipinski definition) is 3. The predicted octanol–water partition coefficient (Wildman–Crippen LogP) is 5.82. The van der Waals surface area contributed by atoms with Crippen LogP contribution in [0.2, 0.25) is 0 Å². The van der Waals surface area contributed by atoms with Gasteiger partial charge in [-0.1, -0.05) is 42.5 Å². The third kappa shape index (κ3) is 3.70. The zero-order chi connectivity index (χ0) is 20.3. The topological polar surface area (TPSA) is 27.7 Å². The quantitative estimate of drug-likeness (QED) is 0.508. The molecule has 3 aromatic carbocycles. The van der Waals surface area contributed by atoms with Crippen LogP contribution >= 0.6 is 0 Å². The molecular formula is C25H28O3. The summed E-state index contributed by atoms with van der Waals surface area (Å²) in [5, 5.41) is 0. The lowest BCUT2D eigenvalue weighted by molar-refractivity contribution is 0.352. The fourth-order valence-electron chi connectivity index (χ4n) is 4.00. The first kappa shape index (κ1) is 19.8. The first-order valence-electron chi connectivity index (χ1n) is 9.42. The van der Waals surface area contributed by atoms with Crippen LogP contribution in [0.1, 0.15) is 39.3 Å². The number of benzene rings is 3. The van der Waals surface area contributed by atoms with E-state index in [0.717, 1.165) is 28.4 Å². The molecule has 0 aliphatic rings. The number of ether oxygens (including phenoxy) is 3. The molecule has 0 bridgehead atoms. The second-order valence-electron chi connectivity index (χ2n) is 7.11. The van der Waals surface area contributed by atoms with Crippen LogP contribution in [0.4, 0.5) is 0 Å². The highest BCUT2D eigenvalue weighted by Gasteiger charge is 2.25. The molecule has 0 N–H and O–H groups in total. The van der Waals surface area contributed by atoms with E-state index in [1.807, 2.05) is 13.0 Å². The summed E-state index contributed by atoms with van der Waals surface area (Å²) in [5.74, 6) is 2.43. The standard InChI is InChI=1S/C25H28O3/c1-16-12-17(2)23(21(13-16)26-4)24(19-10-8-7-9-11-19)20-14-18(3)25(28-6)22(15-20)27-5/h7-15,24H,1-6H3. The van der Waals surface area contributed by atoms with Crippen molar-refractivity contribution in [2.75, 3.05) is 21.3 Å². The lowest BCUT2D eigenvalue weighted by Gasteiger charge is -2.25. The van der Waals surface area contributed by atoms with Crippen molar-refractivity contribution in [3.8, 4) is 17.2 Å². The van der Waals surface area contributed by atoms with E-state index in [4.69, 9.17) is 14.2 Å². The minimum atomic E-state index is 0.0234. The molecular weight excluding hydrogens is 348 g/mol. The van der Waals surface area contributed by atoms with Gasteiger partial charge < -0.3 is 14.2 Å². The van der Waals surface area contributed by atoms with Crippen molar-refractivity contribution < 1.29 is 14.2 Å². The van der Waals surface area contributed by atoms with Crippen molar-refractivity contribution in [1.29, 1.82) is 0 Å². The zero-order valence-electron chi connectivity index (χ0n) is 17.5. The van der Waals surface area contributed by atoms with Crippen LogP contribution in [0, 0.1) is 20.8 Å². The molecule has 3 nitrogen and oxygen atoms in total. The highest BCUT2D eigenvalue weighted by Crippen LogP contribution is 2.43. The molecule has 0 saturated heterocycles. The average Bonchev–Trinajstić information content (AvgIpc) is 2.69. The lowest BCUT2D eigenvalue weighted by atomic mass is 9.81. The molecule has 0 aromatic heterocycles. The van der Waals surface area contributed by atoms with Crippen LogP contribution in [-0.4, -0.2) is 21.3 Å².